The van der Waals surface area contributed by atoms with Crippen LogP contribution in [0.3, 0.4) is 0 Å². The van der Waals surface area contributed by atoms with Crippen LogP contribution in [0.5, 0.6) is 0 Å². The zero-order chi connectivity index (χ0) is 14.0. The van der Waals surface area contributed by atoms with E-state index in [4.69, 9.17) is 4.98 Å². The van der Waals surface area contributed by atoms with Crippen molar-refractivity contribution in [2.75, 3.05) is 6.54 Å². The third-order valence-electron chi connectivity index (χ3n) is 3.11. The van der Waals surface area contributed by atoms with E-state index in [0.717, 1.165) is 6.54 Å². The van der Waals surface area contributed by atoms with Crippen molar-refractivity contribution in [1.29, 1.82) is 0 Å². The summed E-state index contributed by atoms with van der Waals surface area (Å²) < 4.78 is 0. The summed E-state index contributed by atoms with van der Waals surface area (Å²) in [5.74, 6) is 0. The lowest BCUT2D eigenvalue weighted by atomic mass is 9.93. The standard InChI is InChI=1S/C15H22N2S2/c1-6-16-12(13-10(2)7-8-18-13)14-17-11(9-19-14)15(3,4)5/h7-9,12,16H,6H2,1-5H3. The molecule has 19 heavy (non-hydrogen) atoms. The lowest BCUT2D eigenvalue weighted by Crippen LogP contribution is -2.22. The van der Waals surface area contributed by atoms with Crippen LogP contribution < -0.4 is 5.32 Å². The van der Waals surface area contributed by atoms with Gasteiger partial charge in [-0.25, -0.2) is 4.98 Å². The molecule has 0 aliphatic rings. The minimum atomic E-state index is 0.121. The van der Waals surface area contributed by atoms with Crippen molar-refractivity contribution in [1.82, 2.24) is 10.3 Å². The van der Waals surface area contributed by atoms with Crippen LogP contribution in [0.4, 0.5) is 0 Å². The van der Waals surface area contributed by atoms with Crippen LogP contribution in [-0.2, 0) is 5.41 Å². The molecule has 0 radical (unpaired) electrons. The SMILES string of the molecule is CCNC(c1nc(C(C)(C)C)cs1)c1sccc1C. The summed E-state index contributed by atoms with van der Waals surface area (Å²) in [6.07, 6.45) is 0. The van der Waals surface area contributed by atoms with Gasteiger partial charge in [0.05, 0.1) is 11.7 Å². The highest BCUT2D eigenvalue weighted by atomic mass is 32.1. The number of nitrogens with zero attached hydrogens (tertiary/aromatic N) is 1. The quantitative estimate of drug-likeness (QED) is 0.897. The molecular formula is C15H22N2S2. The number of aromatic nitrogens is 1. The van der Waals surface area contributed by atoms with Crippen molar-refractivity contribution in [3.8, 4) is 0 Å². The summed E-state index contributed by atoms with van der Waals surface area (Å²) in [6.45, 7) is 11.9. The predicted molar refractivity (Wildman–Crippen MR) is 85.4 cm³/mol. The fraction of sp³-hybridized carbons (Fsp3) is 0.533. The molecule has 0 aliphatic heterocycles. The van der Waals surface area contributed by atoms with Crippen LogP contribution in [0.1, 0.15) is 54.9 Å². The summed E-state index contributed by atoms with van der Waals surface area (Å²) in [7, 11) is 0. The summed E-state index contributed by atoms with van der Waals surface area (Å²) in [4.78, 5) is 6.25. The molecular weight excluding hydrogens is 272 g/mol. The molecule has 0 saturated heterocycles. The van der Waals surface area contributed by atoms with E-state index >= 15 is 0 Å². The molecule has 0 amide bonds. The minimum absolute atomic E-state index is 0.121. The molecule has 104 valence electrons. The number of aryl methyl sites for hydroxylation is 1. The number of hydrogen-bond donors (Lipinski definition) is 1. The molecule has 0 saturated carbocycles. The Labute approximate surface area is 123 Å². The molecule has 2 heterocycles. The van der Waals surface area contributed by atoms with E-state index in [0.29, 0.717) is 0 Å². The molecule has 0 aromatic carbocycles. The second kappa shape index (κ2) is 5.73. The fourth-order valence-corrected chi connectivity index (χ4v) is 4.15. The first-order chi connectivity index (χ1) is 8.93. The van der Waals surface area contributed by atoms with E-state index in [1.165, 1.54) is 21.1 Å². The first kappa shape index (κ1) is 14.7. The Bertz CT molecular complexity index is 534. The van der Waals surface area contributed by atoms with Crippen LogP contribution >= 0.6 is 22.7 Å². The summed E-state index contributed by atoms with van der Waals surface area (Å²) in [5, 5.41) is 9.10. The third-order valence-corrected chi connectivity index (χ3v) is 5.10. The molecule has 1 atom stereocenters. The molecule has 1 N–H and O–H groups in total. The fourth-order valence-electron chi connectivity index (χ4n) is 1.94. The lowest BCUT2D eigenvalue weighted by molar-refractivity contribution is 0.563. The van der Waals surface area contributed by atoms with E-state index in [1.807, 2.05) is 11.3 Å². The van der Waals surface area contributed by atoms with Crippen LogP contribution in [-0.4, -0.2) is 11.5 Å². The maximum atomic E-state index is 4.86. The van der Waals surface area contributed by atoms with Crippen LogP contribution in [0.25, 0.3) is 0 Å². The van der Waals surface area contributed by atoms with Gasteiger partial charge in [-0.2, -0.15) is 0 Å². The van der Waals surface area contributed by atoms with Gasteiger partial charge in [-0.3, -0.25) is 0 Å². The number of thiazole rings is 1. The van der Waals surface area contributed by atoms with Gasteiger partial charge < -0.3 is 5.32 Å². The van der Waals surface area contributed by atoms with Gasteiger partial charge in [0, 0.05) is 15.7 Å². The van der Waals surface area contributed by atoms with Crippen molar-refractivity contribution < 1.29 is 0 Å². The average molecular weight is 294 g/mol. The molecule has 2 aromatic rings. The highest BCUT2D eigenvalue weighted by Gasteiger charge is 2.23. The zero-order valence-corrected chi connectivity index (χ0v) is 13.9. The number of rotatable bonds is 4. The monoisotopic (exact) mass is 294 g/mol. The van der Waals surface area contributed by atoms with Gasteiger partial charge in [0.15, 0.2) is 0 Å². The topological polar surface area (TPSA) is 24.9 Å². The van der Waals surface area contributed by atoms with Crippen LogP contribution in [0, 0.1) is 6.92 Å². The highest BCUT2D eigenvalue weighted by Crippen LogP contribution is 2.33. The Kier molecular flexibility index (Phi) is 4.43. The molecule has 2 rings (SSSR count). The molecule has 0 bridgehead atoms. The molecule has 1 unspecified atom stereocenters. The first-order valence-corrected chi connectivity index (χ1v) is 8.42. The number of thiophene rings is 1. The zero-order valence-electron chi connectivity index (χ0n) is 12.3. The van der Waals surface area contributed by atoms with Crippen LogP contribution in [0.15, 0.2) is 16.8 Å². The Morgan fingerprint density at radius 1 is 1.32 bits per heavy atom. The van der Waals surface area contributed by atoms with Crippen molar-refractivity contribution in [2.24, 2.45) is 0 Å². The maximum Gasteiger partial charge on any atom is 0.115 e. The summed E-state index contributed by atoms with van der Waals surface area (Å²) >= 11 is 3.58. The van der Waals surface area contributed by atoms with Gasteiger partial charge >= 0.3 is 0 Å². The molecule has 0 fully saturated rings. The normalized spacial score (nSPS) is 13.7. The molecule has 0 spiro atoms. The van der Waals surface area contributed by atoms with Crippen molar-refractivity contribution >= 4 is 22.7 Å². The summed E-state index contributed by atoms with van der Waals surface area (Å²) in [6, 6.07) is 2.42. The molecule has 0 aliphatic carbocycles. The molecule has 2 aromatic heterocycles. The third kappa shape index (κ3) is 3.25. The Morgan fingerprint density at radius 2 is 2.05 bits per heavy atom. The smallest absolute Gasteiger partial charge is 0.115 e. The predicted octanol–water partition coefficient (Wildman–Crippen LogP) is 4.51. The second-order valence-electron chi connectivity index (χ2n) is 5.78. The summed E-state index contributed by atoms with van der Waals surface area (Å²) in [5.41, 5.74) is 2.66. The van der Waals surface area contributed by atoms with Crippen LogP contribution in [0.2, 0.25) is 0 Å². The molecule has 4 heteroatoms. The van der Waals surface area contributed by atoms with Gasteiger partial charge in [-0.1, -0.05) is 27.7 Å². The Balaban J connectivity index is 2.35. The van der Waals surface area contributed by atoms with Gasteiger partial charge in [0.25, 0.3) is 0 Å². The maximum absolute atomic E-state index is 4.86. The Morgan fingerprint density at radius 3 is 2.53 bits per heavy atom. The number of nitrogens with one attached hydrogen (secondary N) is 1. The van der Waals surface area contributed by atoms with Gasteiger partial charge in [0.2, 0.25) is 0 Å². The van der Waals surface area contributed by atoms with Crippen molar-refractivity contribution in [3.05, 3.63) is 38.0 Å². The number of hydrogen-bond acceptors (Lipinski definition) is 4. The van der Waals surface area contributed by atoms with Crippen molar-refractivity contribution in [3.63, 3.8) is 0 Å². The van der Waals surface area contributed by atoms with E-state index in [2.05, 4.69) is 56.8 Å². The van der Waals surface area contributed by atoms with E-state index in [-0.39, 0.29) is 11.5 Å². The van der Waals surface area contributed by atoms with Gasteiger partial charge in [0.1, 0.15) is 5.01 Å². The largest absolute Gasteiger partial charge is 0.304 e. The van der Waals surface area contributed by atoms with E-state index in [9.17, 15) is 0 Å². The highest BCUT2D eigenvalue weighted by molar-refractivity contribution is 7.11. The Hall–Kier alpha value is -0.710. The van der Waals surface area contributed by atoms with E-state index < -0.39 is 0 Å². The minimum Gasteiger partial charge on any atom is -0.304 e. The molecule has 2 nitrogen and oxygen atoms in total. The van der Waals surface area contributed by atoms with E-state index in [1.54, 1.807) is 11.3 Å². The first-order valence-electron chi connectivity index (χ1n) is 6.66. The van der Waals surface area contributed by atoms with Gasteiger partial charge in [-0.05, 0) is 30.5 Å². The van der Waals surface area contributed by atoms with Gasteiger partial charge in [-0.15, -0.1) is 22.7 Å². The lowest BCUT2D eigenvalue weighted by Gasteiger charge is -2.17. The second-order valence-corrected chi connectivity index (χ2v) is 7.62. The average Bonchev–Trinajstić information content (AvgIpc) is 2.94. The van der Waals surface area contributed by atoms with Crippen molar-refractivity contribution in [2.45, 2.75) is 46.1 Å².